The monoisotopic (exact) mass is 817 g/mol. The summed E-state index contributed by atoms with van der Waals surface area (Å²) in [7, 11) is 0. The van der Waals surface area contributed by atoms with Crippen LogP contribution in [0.15, 0.2) is 115 Å². The highest BCUT2D eigenvalue weighted by atomic mass is 35.5. The van der Waals surface area contributed by atoms with Gasteiger partial charge in [-0.2, -0.15) is 0 Å². The molecular formula is C51H57ClFNO5. The highest BCUT2D eigenvalue weighted by Crippen LogP contribution is 2.78. The predicted octanol–water partition coefficient (Wildman–Crippen LogP) is 9.41. The maximum atomic E-state index is 15.3. The van der Waals surface area contributed by atoms with Gasteiger partial charge < -0.3 is 20.1 Å². The van der Waals surface area contributed by atoms with Crippen molar-refractivity contribution in [2.24, 2.45) is 33.5 Å². The SMILES string of the molecule is CC12CCC(O)CC13C=CC1(C(C(=O)Cc4c(F)cccc4Cl)=C3)C2CCC2(C)C1CCC2(O)CN(Cc1cccc2ccccc12)CC(O)COCc1ccccc1. The summed E-state index contributed by atoms with van der Waals surface area (Å²) in [6, 6.07) is 29.1. The Balaban J connectivity index is 1.06. The Bertz CT molecular complexity index is 2270. The molecule has 6 nitrogen and oxygen atoms in total. The van der Waals surface area contributed by atoms with Crippen LogP contribution >= 0.6 is 11.6 Å². The molecule has 310 valence electrons. The Morgan fingerprint density at radius 2 is 1.61 bits per heavy atom. The molecule has 3 N–H and O–H groups in total. The van der Waals surface area contributed by atoms with Crippen LogP contribution in [-0.4, -0.2) is 63.5 Å². The van der Waals surface area contributed by atoms with Gasteiger partial charge >= 0.3 is 0 Å². The summed E-state index contributed by atoms with van der Waals surface area (Å²) in [4.78, 5) is 17.1. The van der Waals surface area contributed by atoms with Crippen LogP contribution in [-0.2, 0) is 29.1 Å². The molecule has 0 radical (unpaired) electrons. The van der Waals surface area contributed by atoms with Gasteiger partial charge in [-0.3, -0.25) is 9.69 Å². The molecule has 9 atom stereocenters. The number of ether oxygens (including phenoxy) is 1. The number of fused-ring (bicyclic) bond motifs is 2. The summed E-state index contributed by atoms with van der Waals surface area (Å²) in [5.41, 5.74) is 0.00500. The number of carbonyl (C=O) groups is 1. The molecule has 9 unspecified atom stereocenters. The van der Waals surface area contributed by atoms with Gasteiger partial charge in [-0.05, 0) is 96.2 Å². The number of benzene rings is 4. The Morgan fingerprint density at radius 3 is 2.42 bits per heavy atom. The summed E-state index contributed by atoms with van der Waals surface area (Å²) in [6.45, 7) is 6.34. The van der Waals surface area contributed by atoms with Crippen LogP contribution < -0.4 is 0 Å². The third-order valence-corrected chi connectivity index (χ3v) is 16.4. The number of ketones is 1. The van der Waals surface area contributed by atoms with Gasteiger partial charge in [0.25, 0.3) is 0 Å². The van der Waals surface area contributed by atoms with Crippen LogP contribution in [0.25, 0.3) is 10.8 Å². The predicted molar refractivity (Wildman–Crippen MR) is 230 cm³/mol. The van der Waals surface area contributed by atoms with E-state index in [0.717, 1.165) is 47.6 Å². The van der Waals surface area contributed by atoms with Gasteiger partial charge in [0.05, 0.1) is 31.0 Å². The smallest absolute Gasteiger partial charge is 0.164 e. The normalized spacial score (nSPS) is 33.7. The van der Waals surface area contributed by atoms with Gasteiger partial charge in [0.2, 0.25) is 0 Å². The largest absolute Gasteiger partial charge is 0.393 e. The number of aliphatic hydroxyl groups is 3. The second-order valence-electron chi connectivity index (χ2n) is 19.1. The number of aliphatic hydroxyl groups excluding tert-OH is 2. The zero-order valence-electron chi connectivity index (χ0n) is 34.3. The molecule has 6 aliphatic carbocycles. The minimum absolute atomic E-state index is 0.0678. The van der Waals surface area contributed by atoms with Crippen molar-refractivity contribution in [3.05, 3.63) is 142 Å². The number of Topliss-reactive ketones (excluding diaryl/α,β-unsaturated/α-hetero) is 1. The number of hydrogen-bond donors (Lipinski definition) is 3. The second-order valence-corrected chi connectivity index (χ2v) is 19.5. The molecule has 2 bridgehead atoms. The maximum absolute atomic E-state index is 15.3. The quantitative estimate of drug-likeness (QED) is 0.117. The highest BCUT2D eigenvalue weighted by Gasteiger charge is 2.74. The first-order valence-corrected chi connectivity index (χ1v) is 22.0. The minimum Gasteiger partial charge on any atom is -0.393 e. The lowest BCUT2D eigenvalue weighted by atomic mass is 9.32. The zero-order chi connectivity index (χ0) is 41.2. The molecule has 2 spiro atoms. The van der Waals surface area contributed by atoms with Crippen molar-refractivity contribution in [2.75, 3.05) is 19.7 Å². The van der Waals surface area contributed by atoms with Gasteiger partial charge in [-0.1, -0.05) is 123 Å². The van der Waals surface area contributed by atoms with Crippen molar-refractivity contribution in [2.45, 2.75) is 96.2 Å². The third-order valence-electron chi connectivity index (χ3n) is 16.1. The van der Waals surface area contributed by atoms with E-state index in [2.05, 4.69) is 67.3 Å². The summed E-state index contributed by atoms with van der Waals surface area (Å²) in [5.74, 6) is -0.579. The Hall–Kier alpha value is -3.69. The fourth-order valence-electron chi connectivity index (χ4n) is 13.1. The van der Waals surface area contributed by atoms with E-state index in [1.165, 1.54) is 6.07 Å². The van der Waals surface area contributed by atoms with Crippen LogP contribution in [0.2, 0.25) is 5.02 Å². The maximum Gasteiger partial charge on any atom is 0.164 e. The molecule has 0 aliphatic heterocycles. The lowest BCUT2D eigenvalue weighted by Crippen LogP contribution is -2.67. The number of nitrogens with zero attached hydrogens (tertiary/aromatic N) is 1. The Morgan fingerprint density at radius 1 is 0.898 bits per heavy atom. The fourth-order valence-corrected chi connectivity index (χ4v) is 13.3. The molecule has 59 heavy (non-hydrogen) atoms. The number of rotatable bonds is 13. The lowest BCUT2D eigenvalue weighted by Gasteiger charge is -2.71. The second kappa shape index (κ2) is 15.3. The molecule has 0 saturated heterocycles. The number of halogens is 2. The third kappa shape index (κ3) is 6.67. The Labute approximate surface area is 352 Å². The molecule has 0 amide bonds. The standard InChI is InChI=1S/C51H57ClFNO5/c1-47-21-18-37(55)27-49(47)24-25-51(41(28-49)44(57)26-40-42(52)16-9-17-43(40)53)45(47)19-22-48(2)46(51)20-23-50(48,58)33-54(29-36-14-8-13-35-12-6-7-15-39(35)36)30-38(56)32-59-31-34-10-4-3-5-11-34/h3-17,24-25,28,37-38,45-46,55-56,58H,18-23,26-27,29-33H2,1-2H3. The molecule has 0 aromatic heterocycles. The van der Waals surface area contributed by atoms with E-state index in [-0.39, 0.29) is 46.6 Å². The molecule has 4 aromatic carbocycles. The molecule has 4 aromatic rings. The Kier molecular flexibility index (Phi) is 10.6. The number of carbonyl (C=O) groups excluding carboxylic acids is 1. The van der Waals surface area contributed by atoms with Crippen molar-refractivity contribution < 1.29 is 29.2 Å². The average Bonchev–Trinajstić information content (AvgIpc) is 3.49. The first-order chi connectivity index (χ1) is 28.3. The van der Waals surface area contributed by atoms with Gasteiger partial charge in [0.15, 0.2) is 5.78 Å². The summed E-state index contributed by atoms with van der Waals surface area (Å²) >= 11 is 6.54. The van der Waals surface area contributed by atoms with E-state index >= 15 is 4.39 Å². The number of hydrogen-bond acceptors (Lipinski definition) is 6. The summed E-state index contributed by atoms with van der Waals surface area (Å²) in [6.07, 6.45) is 10.3. The summed E-state index contributed by atoms with van der Waals surface area (Å²) < 4.78 is 21.3. The van der Waals surface area contributed by atoms with Gasteiger partial charge in [-0.25, -0.2) is 4.39 Å². The highest BCUT2D eigenvalue weighted by molar-refractivity contribution is 6.31. The van der Waals surface area contributed by atoms with E-state index in [1.54, 1.807) is 12.1 Å². The van der Waals surface area contributed by atoms with Crippen molar-refractivity contribution >= 4 is 28.2 Å². The fraction of sp³-hybridized carbons (Fsp3) is 0.471. The average molecular weight is 818 g/mol. The zero-order valence-corrected chi connectivity index (χ0v) is 35.0. The van der Waals surface area contributed by atoms with E-state index < -0.39 is 39.9 Å². The molecule has 10 rings (SSSR count). The van der Waals surface area contributed by atoms with Gasteiger partial charge in [0.1, 0.15) is 5.82 Å². The van der Waals surface area contributed by atoms with Crippen molar-refractivity contribution in [3.63, 3.8) is 0 Å². The molecule has 3 saturated carbocycles. The molecule has 0 heterocycles. The molecule has 3 fully saturated rings. The van der Waals surface area contributed by atoms with E-state index in [0.29, 0.717) is 51.1 Å². The molecular weight excluding hydrogens is 761 g/mol. The van der Waals surface area contributed by atoms with Crippen LogP contribution in [0, 0.1) is 39.3 Å². The topological polar surface area (TPSA) is 90.2 Å². The van der Waals surface area contributed by atoms with Crippen molar-refractivity contribution in [3.8, 4) is 0 Å². The van der Waals surface area contributed by atoms with Gasteiger partial charge in [-0.15, -0.1) is 0 Å². The van der Waals surface area contributed by atoms with E-state index in [4.69, 9.17) is 16.3 Å². The van der Waals surface area contributed by atoms with Crippen molar-refractivity contribution in [1.82, 2.24) is 4.90 Å². The van der Waals surface area contributed by atoms with Crippen LogP contribution in [0.4, 0.5) is 4.39 Å². The molecule has 6 aliphatic rings. The van der Waals surface area contributed by atoms with Gasteiger partial charge in [0, 0.05) is 58.5 Å². The minimum atomic E-state index is -1.14. The van der Waals surface area contributed by atoms with Crippen LogP contribution in [0.3, 0.4) is 0 Å². The molecule has 8 heteroatoms. The van der Waals surface area contributed by atoms with Crippen LogP contribution in [0.1, 0.15) is 75.5 Å². The van der Waals surface area contributed by atoms with Crippen molar-refractivity contribution in [1.29, 1.82) is 0 Å². The lowest BCUT2D eigenvalue weighted by molar-refractivity contribution is -0.180. The van der Waals surface area contributed by atoms with E-state index in [9.17, 15) is 20.1 Å². The number of allylic oxidation sites excluding steroid dienone is 4. The van der Waals surface area contributed by atoms with E-state index in [1.807, 2.05) is 42.5 Å². The summed E-state index contributed by atoms with van der Waals surface area (Å²) in [5, 5.41) is 38.5. The first-order valence-electron chi connectivity index (χ1n) is 21.6. The van der Waals surface area contributed by atoms with Crippen LogP contribution in [0.5, 0.6) is 0 Å². The first kappa shape index (κ1) is 40.7.